The molecule has 1 atom stereocenters. The quantitative estimate of drug-likeness (QED) is 0.524. The van der Waals surface area contributed by atoms with E-state index in [0.717, 1.165) is 11.1 Å². The molecular formula is C26H20ClNO5S. The Morgan fingerprint density at radius 1 is 0.971 bits per heavy atom. The minimum Gasteiger partial charge on any atom is -0.480 e. The SMILES string of the molecule is O=C(O)C(CCN1Cc2ccccc2C1=O)S(=O)(=O)c1ccc(C#Cc2ccc(Cl)cc2)cc1. The summed E-state index contributed by atoms with van der Waals surface area (Å²) in [6.07, 6.45) is -0.213. The molecule has 3 aromatic rings. The van der Waals surface area contributed by atoms with E-state index in [2.05, 4.69) is 11.8 Å². The van der Waals surface area contributed by atoms with Gasteiger partial charge in [-0.1, -0.05) is 41.6 Å². The number of hydrogen-bond acceptors (Lipinski definition) is 4. The number of nitrogens with zero attached hydrogens (tertiary/aromatic N) is 1. The zero-order valence-electron chi connectivity index (χ0n) is 17.9. The van der Waals surface area contributed by atoms with Crippen LogP contribution in [0, 0.1) is 11.8 Å². The van der Waals surface area contributed by atoms with Crippen LogP contribution in [0.5, 0.6) is 0 Å². The fourth-order valence-corrected chi connectivity index (χ4v) is 5.40. The van der Waals surface area contributed by atoms with Crippen molar-refractivity contribution in [1.82, 2.24) is 4.90 Å². The Hall–Kier alpha value is -3.60. The van der Waals surface area contributed by atoms with Crippen molar-refractivity contribution in [3.63, 3.8) is 0 Å². The van der Waals surface area contributed by atoms with Gasteiger partial charge in [-0.2, -0.15) is 0 Å². The van der Waals surface area contributed by atoms with Gasteiger partial charge < -0.3 is 10.0 Å². The van der Waals surface area contributed by atoms with E-state index in [1.54, 1.807) is 36.4 Å². The summed E-state index contributed by atoms with van der Waals surface area (Å²) in [6, 6.07) is 19.9. The van der Waals surface area contributed by atoms with E-state index in [1.807, 2.05) is 12.1 Å². The number of benzene rings is 3. The number of aliphatic carboxylic acids is 1. The summed E-state index contributed by atoms with van der Waals surface area (Å²) in [5.41, 5.74) is 2.75. The van der Waals surface area contributed by atoms with Crippen LogP contribution >= 0.6 is 11.6 Å². The molecular weight excluding hydrogens is 474 g/mol. The van der Waals surface area contributed by atoms with Crippen LogP contribution in [0.2, 0.25) is 5.02 Å². The van der Waals surface area contributed by atoms with Crippen LogP contribution in [-0.2, 0) is 21.2 Å². The van der Waals surface area contributed by atoms with Crippen molar-refractivity contribution in [2.75, 3.05) is 6.54 Å². The van der Waals surface area contributed by atoms with E-state index in [4.69, 9.17) is 11.6 Å². The Bertz CT molecular complexity index is 1400. The highest BCUT2D eigenvalue weighted by Gasteiger charge is 2.36. The summed E-state index contributed by atoms with van der Waals surface area (Å²) in [4.78, 5) is 25.8. The number of rotatable bonds is 6. The number of carbonyl (C=O) groups is 2. The highest BCUT2D eigenvalue weighted by Crippen LogP contribution is 2.25. The zero-order chi connectivity index (χ0) is 24.3. The monoisotopic (exact) mass is 493 g/mol. The van der Waals surface area contributed by atoms with Crippen LogP contribution in [0.25, 0.3) is 0 Å². The van der Waals surface area contributed by atoms with Gasteiger partial charge in [0, 0.05) is 34.8 Å². The number of sulfone groups is 1. The largest absolute Gasteiger partial charge is 0.480 e. The van der Waals surface area contributed by atoms with E-state index < -0.39 is 21.1 Å². The molecule has 1 N–H and O–H groups in total. The number of fused-ring (bicyclic) bond motifs is 1. The highest BCUT2D eigenvalue weighted by atomic mass is 35.5. The van der Waals surface area contributed by atoms with Gasteiger partial charge >= 0.3 is 5.97 Å². The molecule has 6 nitrogen and oxygen atoms in total. The molecule has 0 spiro atoms. The maximum atomic E-state index is 13.1. The second-order valence-corrected chi connectivity index (χ2v) is 10.4. The first kappa shape index (κ1) is 23.6. The third-order valence-corrected chi connectivity index (χ3v) is 7.95. The van der Waals surface area contributed by atoms with Gasteiger partial charge in [-0.05, 0) is 66.6 Å². The predicted molar refractivity (Wildman–Crippen MR) is 128 cm³/mol. The summed E-state index contributed by atoms with van der Waals surface area (Å²) in [5.74, 6) is 4.23. The number of halogens is 1. The summed E-state index contributed by atoms with van der Waals surface area (Å²) in [5, 5.41) is 8.59. The molecule has 0 radical (unpaired) electrons. The second kappa shape index (κ2) is 9.72. The number of hydrogen-bond donors (Lipinski definition) is 1. The lowest BCUT2D eigenvalue weighted by Crippen LogP contribution is -2.35. The highest BCUT2D eigenvalue weighted by molar-refractivity contribution is 7.92. The van der Waals surface area contributed by atoms with Crippen molar-refractivity contribution < 1.29 is 23.1 Å². The maximum Gasteiger partial charge on any atom is 0.322 e. The predicted octanol–water partition coefficient (Wildman–Crippen LogP) is 4.01. The third-order valence-electron chi connectivity index (χ3n) is 5.59. The molecule has 4 rings (SSSR count). The second-order valence-electron chi connectivity index (χ2n) is 7.83. The molecule has 0 saturated carbocycles. The molecule has 3 aromatic carbocycles. The molecule has 1 aliphatic heterocycles. The van der Waals surface area contributed by atoms with Crippen molar-refractivity contribution in [1.29, 1.82) is 0 Å². The smallest absolute Gasteiger partial charge is 0.322 e. The minimum absolute atomic E-state index is 0.0222. The molecule has 1 unspecified atom stereocenters. The molecule has 0 aliphatic carbocycles. The molecule has 0 aromatic heterocycles. The van der Waals surface area contributed by atoms with Gasteiger partial charge in [-0.15, -0.1) is 0 Å². The first-order chi connectivity index (χ1) is 16.3. The van der Waals surface area contributed by atoms with Crippen LogP contribution < -0.4 is 0 Å². The van der Waals surface area contributed by atoms with Gasteiger partial charge in [-0.3, -0.25) is 9.59 Å². The van der Waals surface area contributed by atoms with E-state index in [-0.39, 0.29) is 23.8 Å². The van der Waals surface area contributed by atoms with Gasteiger partial charge in [0.15, 0.2) is 15.1 Å². The molecule has 0 bridgehead atoms. The van der Waals surface area contributed by atoms with Gasteiger partial charge in [0.05, 0.1) is 4.90 Å². The van der Waals surface area contributed by atoms with Crippen molar-refractivity contribution >= 4 is 33.3 Å². The van der Waals surface area contributed by atoms with Crippen molar-refractivity contribution in [3.05, 3.63) is 100 Å². The third kappa shape index (κ3) is 4.98. The van der Waals surface area contributed by atoms with E-state index in [9.17, 15) is 23.1 Å². The molecule has 8 heteroatoms. The first-order valence-electron chi connectivity index (χ1n) is 10.5. The number of carbonyl (C=O) groups excluding carboxylic acids is 1. The van der Waals surface area contributed by atoms with Crippen LogP contribution in [0.1, 0.15) is 33.5 Å². The summed E-state index contributed by atoms with van der Waals surface area (Å²) in [7, 11) is -4.17. The lowest BCUT2D eigenvalue weighted by molar-refractivity contribution is -0.136. The summed E-state index contributed by atoms with van der Waals surface area (Å²) >= 11 is 5.86. The lowest BCUT2D eigenvalue weighted by Gasteiger charge is -2.19. The van der Waals surface area contributed by atoms with E-state index in [0.29, 0.717) is 22.7 Å². The Labute approximate surface area is 202 Å². The first-order valence-corrected chi connectivity index (χ1v) is 12.4. The molecule has 1 aliphatic rings. The summed E-state index contributed by atoms with van der Waals surface area (Å²) < 4.78 is 26.1. The van der Waals surface area contributed by atoms with Crippen molar-refractivity contribution in [3.8, 4) is 11.8 Å². The number of carboxylic acid groups (broad SMARTS) is 1. The maximum absolute atomic E-state index is 13.1. The Morgan fingerprint density at radius 3 is 2.15 bits per heavy atom. The Kier molecular flexibility index (Phi) is 6.73. The molecule has 1 amide bonds. The fourth-order valence-electron chi connectivity index (χ4n) is 3.75. The average molecular weight is 494 g/mol. The van der Waals surface area contributed by atoms with Gasteiger partial charge in [0.1, 0.15) is 0 Å². The van der Waals surface area contributed by atoms with Crippen LogP contribution in [0.4, 0.5) is 0 Å². The van der Waals surface area contributed by atoms with Gasteiger partial charge in [-0.25, -0.2) is 8.42 Å². The summed E-state index contributed by atoms with van der Waals surface area (Å²) in [6.45, 7) is 0.358. The Balaban J connectivity index is 1.47. The van der Waals surface area contributed by atoms with Crippen LogP contribution in [0.15, 0.2) is 77.7 Å². The topological polar surface area (TPSA) is 91.8 Å². The molecule has 0 saturated heterocycles. The molecule has 1 heterocycles. The lowest BCUT2D eigenvalue weighted by atomic mass is 10.1. The van der Waals surface area contributed by atoms with Crippen LogP contribution in [-0.4, -0.2) is 42.1 Å². The average Bonchev–Trinajstić information content (AvgIpc) is 3.14. The zero-order valence-corrected chi connectivity index (χ0v) is 19.5. The number of amides is 1. The number of carboxylic acids is 1. The van der Waals surface area contributed by atoms with Crippen molar-refractivity contribution in [2.45, 2.75) is 23.1 Å². The van der Waals surface area contributed by atoms with Crippen molar-refractivity contribution in [2.24, 2.45) is 0 Å². The normalized spacial score (nSPS) is 13.7. The standard InChI is InChI=1S/C26H20ClNO5S/c27-21-11-7-18(8-12-21)5-6-19-9-13-22(14-10-19)34(32,33)24(26(30)31)15-16-28-17-20-3-1-2-4-23(20)25(28)29/h1-4,7-14,24H,15-17H2,(H,30,31). The Morgan fingerprint density at radius 2 is 1.56 bits per heavy atom. The van der Waals surface area contributed by atoms with E-state index >= 15 is 0 Å². The molecule has 172 valence electrons. The van der Waals surface area contributed by atoms with Gasteiger partial charge in [0.25, 0.3) is 5.91 Å². The van der Waals surface area contributed by atoms with Gasteiger partial charge in [0.2, 0.25) is 0 Å². The molecule has 0 fully saturated rings. The van der Waals surface area contributed by atoms with E-state index in [1.165, 1.54) is 29.2 Å². The van der Waals surface area contributed by atoms with Crippen LogP contribution in [0.3, 0.4) is 0 Å². The minimum atomic E-state index is -4.17. The molecule has 34 heavy (non-hydrogen) atoms. The fraction of sp³-hybridized carbons (Fsp3) is 0.154.